The standard InChI is InChI=1S/C16H17NO/c1-11(2)12-6-8-13(9-7-12)14-4-3-5-15(10-14)16(17)18/h3-11H,1-2H3,(H2,17,18). The number of nitrogens with two attached hydrogens (primary N) is 1. The lowest BCUT2D eigenvalue weighted by atomic mass is 9.98. The molecule has 0 bridgehead atoms. The Labute approximate surface area is 107 Å². The molecule has 0 saturated carbocycles. The Kier molecular flexibility index (Phi) is 3.47. The van der Waals surface area contributed by atoms with Crippen LogP contribution in [0.5, 0.6) is 0 Å². The van der Waals surface area contributed by atoms with Crippen molar-refractivity contribution in [3.8, 4) is 11.1 Å². The molecule has 2 rings (SSSR count). The highest BCUT2D eigenvalue weighted by molar-refractivity contribution is 5.94. The number of hydrogen-bond donors (Lipinski definition) is 1. The number of benzene rings is 2. The third-order valence-electron chi connectivity index (χ3n) is 3.06. The number of hydrogen-bond acceptors (Lipinski definition) is 1. The predicted molar refractivity (Wildman–Crippen MR) is 74.5 cm³/mol. The lowest BCUT2D eigenvalue weighted by Gasteiger charge is -2.07. The van der Waals surface area contributed by atoms with E-state index in [4.69, 9.17) is 5.73 Å². The first kappa shape index (κ1) is 12.4. The fourth-order valence-corrected chi connectivity index (χ4v) is 1.91. The van der Waals surface area contributed by atoms with E-state index in [0.29, 0.717) is 11.5 Å². The van der Waals surface area contributed by atoms with Gasteiger partial charge in [-0.2, -0.15) is 0 Å². The Morgan fingerprint density at radius 2 is 1.67 bits per heavy atom. The molecule has 0 aliphatic carbocycles. The minimum Gasteiger partial charge on any atom is -0.366 e. The zero-order chi connectivity index (χ0) is 13.1. The van der Waals surface area contributed by atoms with Gasteiger partial charge in [-0.15, -0.1) is 0 Å². The fraction of sp³-hybridized carbons (Fsp3) is 0.188. The molecule has 0 aliphatic heterocycles. The summed E-state index contributed by atoms with van der Waals surface area (Å²) < 4.78 is 0. The van der Waals surface area contributed by atoms with Gasteiger partial charge in [0.15, 0.2) is 0 Å². The van der Waals surface area contributed by atoms with Gasteiger partial charge in [-0.05, 0) is 34.7 Å². The van der Waals surface area contributed by atoms with Crippen molar-refractivity contribution in [2.45, 2.75) is 19.8 Å². The largest absolute Gasteiger partial charge is 0.366 e. The third kappa shape index (κ3) is 2.59. The van der Waals surface area contributed by atoms with E-state index in [0.717, 1.165) is 11.1 Å². The highest BCUT2D eigenvalue weighted by Crippen LogP contribution is 2.23. The highest BCUT2D eigenvalue weighted by Gasteiger charge is 2.04. The molecule has 2 heteroatoms. The van der Waals surface area contributed by atoms with Gasteiger partial charge in [-0.1, -0.05) is 50.2 Å². The summed E-state index contributed by atoms with van der Waals surface area (Å²) >= 11 is 0. The zero-order valence-electron chi connectivity index (χ0n) is 10.7. The van der Waals surface area contributed by atoms with Crippen molar-refractivity contribution in [1.29, 1.82) is 0 Å². The van der Waals surface area contributed by atoms with Crippen LogP contribution in [-0.2, 0) is 0 Å². The summed E-state index contributed by atoms with van der Waals surface area (Å²) in [5.41, 5.74) is 9.25. The van der Waals surface area contributed by atoms with E-state index in [2.05, 4.69) is 38.1 Å². The van der Waals surface area contributed by atoms with Gasteiger partial charge in [0.25, 0.3) is 0 Å². The van der Waals surface area contributed by atoms with E-state index in [1.807, 2.05) is 18.2 Å². The average molecular weight is 239 g/mol. The van der Waals surface area contributed by atoms with Crippen molar-refractivity contribution >= 4 is 5.91 Å². The van der Waals surface area contributed by atoms with Gasteiger partial charge in [0.1, 0.15) is 0 Å². The fourth-order valence-electron chi connectivity index (χ4n) is 1.91. The quantitative estimate of drug-likeness (QED) is 0.874. The molecule has 2 nitrogen and oxygen atoms in total. The average Bonchev–Trinajstić information content (AvgIpc) is 2.39. The molecular formula is C16H17NO. The first-order chi connectivity index (χ1) is 8.58. The molecular weight excluding hydrogens is 222 g/mol. The van der Waals surface area contributed by atoms with Crippen molar-refractivity contribution in [2.75, 3.05) is 0 Å². The maximum Gasteiger partial charge on any atom is 0.248 e. The summed E-state index contributed by atoms with van der Waals surface area (Å²) in [7, 11) is 0. The topological polar surface area (TPSA) is 43.1 Å². The van der Waals surface area contributed by atoms with Crippen molar-refractivity contribution < 1.29 is 4.79 Å². The van der Waals surface area contributed by atoms with Gasteiger partial charge in [0.05, 0.1) is 0 Å². The molecule has 0 unspecified atom stereocenters. The van der Waals surface area contributed by atoms with Crippen molar-refractivity contribution in [1.82, 2.24) is 0 Å². The van der Waals surface area contributed by atoms with Crippen LogP contribution < -0.4 is 5.73 Å². The van der Waals surface area contributed by atoms with E-state index in [1.54, 1.807) is 6.07 Å². The molecule has 0 heterocycles. The molecule has 0 aromatic heterocycles. The van der Waals surface area contributed by atoms with Gasteiger partial charge in [0.2, 0.25) is 5.91 Å². The molecule has 18 heavy (non-hydrogen) atoms. The summed E-state index contributed by atoms with van der Waals surface area (Å²) in [5, 5.41) is 0. The van der Waals surface area contributed by atoms with Crippen LogP contribution in [0.15, 0.2) is 48.5 Å². The zero-order valence-corrected chi connectivity index (χ0v) is 10.7. The molecule has 0 saturated heterocycles. The maximum atomic E-state index is 11.2. The van der Waals surface area contributed by atoms with E-state index in [1.165, 1.54) is 5.56 Å². The van der Waals surface area contributed by atoms with Crippen LogP contribution in [0.4, 0.5) is 0 Å². The molecule has 1 amide bonds. The second-order valence-corrected chi connectivity index (χ2v) is 4.72. The van der Waals surface area contributed by atoms with Crippen LogP contribution in [0.25, 0.3) is 11.1 Å². The molecule has 0 aliphatic rings. The molecule has 0 spiro atoms. The molecule has 0 radical (unpaired) electrons. The summed E-state index contributed by atoms with van der Waals surface area (Å²) in [6.07, 6.45) is 0. The van der Waals surface area contributed by atoms with Crippen molar-refractivity contribution in [2.24, 2.45) is 5.73 Å². The maximum absolute atomic E-state index is 11.2. The van der Waals surface area contributed by atoms with Crippen LogP contribution in [0, 0.1) is 0 Å². The number of carbonyl (C=O) groups is 1. The van der Waals surface area contributed by atoms with Gasteiger partial charge in [0, 0.05) is 5.56 Å². The second-order valence-electron chi connectivity index (χ2n) is 4.72. The van der Waals surface area contributed by atoms with Crippen molar-refractivity contribution in [3.05, 3.63) is 59.7 Å². The number of rotatable bonds is 3. The Hall–Kier alpha value is -2.09. The normalized spacial score (nSPS) is 10.6. The highest BCUT2D eigenvalue weighted by atomic mass is 16.1. The van der Waals surface area contributed by atoms with Crippen LogP contribution in [0.3, 0.4) is 0 Å². The Bertz CT molecular complexity index is 556. The van der Waals surface area contributed by atoms with Crippen LogP contribution in [0.1, 0.15) is 35.7 Å². The van der Waals surface area contributed by atoms with Crippen LogP contribution in [-0.4, -0.2) is 5.91 Å². The van der Waals surface area contributed by atoms with Gasteiger partial charge >= 0.3 is 0 Å². The van der Waals surface area contributed by atoms with Crippen LogP contribution >= 0.6 is 0 Å². The molecule has 0 fully saturated rings. The third-order valence-corrected chi connectivity index (χ3v) is 3.06. The Morgan fingerprint density at radius 1 is 1.00 bits per heavy atom. The van der Waals surface area contributed by atoms with E-state index < -0.39 is 5.91 Å². The summed E-state index contributed by atoms with van der Waals surface area (Å²) in [6, 6.07) is 15.8. The summed E-state index contributed by atoms with van der Waals surface area (Å²) in [5.74, 6) is 0.131. The van der Waals surface area contributed by atoms with Crippen molar-refractivity contribution in [3.63, 3.8) is 0 Å². The second kappa shape index (κ2) is 5.05. The molecule has 2 aromatic carbocycles. The first-order valence-corrected chi connectivity index (χ1v) is 6.08. The minimum atomic E-state index is -0.393. The number of amides is 1. The molecule has 92 valence electrons. The molecule has 2 N–H and O–H groups in total. The summed E-state index contributed by atoms with van der Waals surface area (Å²) in [4.78, 5) is 11.2. The lowest BCUT2D eigenvalue weighted by molar-refractivity contribution is 0.100. The Balaban J connectivity index is 2.36. The van der Waals surface area contributed by atoms with Gasteiger partial charge in [-0.25, -0.2) is 0 Å². The van der Waals surface area contributed by atoms with Gasteiger partial charge < -0.3 is 5.73 Å². The van der Waals surface area contributed by atoms with E-state index in [-0.39, 0.29) is 0 Å². The van der Waals surface area contributed by atoms with E-state index >= 15 is 0 Å². The monoisotopic (exact) mass is 239 g/mol. The number of carbonyl (C=O) groups excluding carboxylic acids is 1. The smallest absolute Gasteiger partial charge is 0.248 e. The number of primary amides is 1. The first-order valence-electron chi connectivity index (χ1n) is 6.08. The van der Waals surface area contributed by atoms with Gasteiger partial charge in [-0.3, -0.25) is 4.79 Å². The minimum absolute atomic E-state index is 0.393. The summed E-state index contributed by atoms with van der Waals surface area (Å²) in [6.45, 7) is 4.34. The van der Waals surface area contributed by atoms with Crippen LogP contribution in [0.2, 0.25) is 0 Å². The molecule has 2 aromatic rings. The SMILES string of the molecule is CC(C)c1ccc(-c2cccc(C(N)=O)c2)cc1. The van der Waals surface area contributed by atoms with E-state index in [9.17, 15) is 4.79 Å². The lowest BCUT2D eigenvalue weighted by Crippen LogP contribution is -2.10. The molecule has 0 atom stereocenters. The predicted octanol–water partition coefficient (Wildman–Crippen LogP) is 3.58. The Morgan fingerprint density at radius 3 is 2.22 bits per heavy atom.